The predicted molar refractivity (Wildman–Crippen MR) is 84.6 cm³/mol. The van der Waals surface area contributed by atoms with Gasteiger partial charge < -0.3 is 10.1 Å². The molecule has 20 heavy (non-hydrogen) atoms. The minimum Gasteiger partial charge on any atom is -0.496 e. The SMILES string of the molecule is COc1ccc(C(=O)NCC2CCC(Cl)CC2)cc1Br. The summed E-state index contributed by atoms with van der Waals surface area (Å²) in [5, 5.41) is 3.32. The van der Waals surface area contributed by atoms with Crippen molar-refractivity contribution in [2.24, 2.45) is 5.92 Å². The molecule has 0 spiro atoms. The lowest BCUT2D eigenvalue weighted by Gasteiger charge is -2.25. The maximum absolute atomic E-state index is 12.1. The molecule has 1 aliphatic rings. The van der Waals surface area contributed by atoms with Crippen molar-refractivity contribution in [1.82, 2.24) is 5.32 Å². The van der Waals surface area contributed by atoms with Crippen LogP contribution in [-0.2, 0) is 0 Å². The average molecular weight is 361 g/mol. The van der Waals surface area contributed by atoms with Gasteiger partial charge in [-0.3, -0.25) is 4.79 Å². The van der Waals surface area contributed by atoms with Crippen LogP contribution in [-0.4, -0.2) is 24.9 Å². The summed E-state index contributed by atoms with van der Waals surface area (Å²) in [4.78, 5) is 12.1. The highest BCUT2D eigenvalue weighted by Crippen LogP contribution is 2.27. The van der Waals surface area contributed by atoms with Gasteiger partial charge in [-0.2, -0.15) is 0 Å². The van der Waals surface area contributed by atoms with E-state index < -0.39 is 0 Å². The second-order valence-corrected chi connectivity index (χ2v) is 6.65. The van der Waals surface area contributed by atoms with E-state index in [4.69, 9.17) is 16.3 Å². The fraction of sp³-hybridized carbons (Fsp3) is 0.533. The number of methoxy groups -OCH3 is 1. The fourth-order valence-corrected chi connectivity index (χ4v) is 3.27. The van der Waals surface area contributed by atoms with E-state index in [1.807, 2.05) is 0 Å². The van der Waals surface area contributed by atoms with Crippen LogP contribution in [0, 0.1) is 5.92 Å². The Morgan fingerprint density at radius 2 is 2.10 bits per heavy atom. The first-order valence-electron chi connectivity index (χ1n) is 6.86. The minimum absolute atomic E-state index is 0.0404. The molecule has 1 saturated carbocycles. The number of ether oxygens (including phenoxy) is 1. The molecule has 0 unspecified atom stereocenters. The maximum atomic E-state index is 12.1. The first-order valence-corrected chi connectivity index (χ1v) is 8.09. The van der Waals surface area contributed by atoms with Gasteiger partial charge in [-0.25, -0.2) is 0 Å². The summed E-state index contributed by atoms with van der Waals surface area (Å²) in [6.45, 7) is 0.728. The quantitative estimate of drug-likeness (QED) is 0.825. The highest BCUT2D eigenvalue weighted by molar-refractivity contribution is 9.10. The third-order valence-corrected chi connectivity index (χ3v) is 4.80. The monoisotopic (exact) mass is 359 g/mol. The molecule has 2 rings (SSSR count). The molecule has 1 aromatic carbocycles. The minimum atomic E-state index is -0.0404. The Balaban J connectivity index is 1.87. The van der Waals surface area contributed by atoms with Crippen LogP contribution in [0.1, 0.15) is 36.0 Å². The number of carbonyl (C=O) groups excluding carboxylic acids is 1. The largest absolute Gasteiger partial charge is 0.496 e. The number of halogens is 2. The number of carbonyl (C=O) groups is 1. The number of alkyl halides is 1. The summed E-state index contributed by atoms with van der Waals surface area (Å²) in [7, 11) is 1.60. The molecule has 110 valence electrons. The molecular weight excluding hydrogens is 342 g/mol. The summed E-state index contributed by atoms with van der Waals surface area (Å²) in [6.07, 6.45) is 4.30. The van der Waals surface area contributed by atoms with Crippen molar-refractivity contribution < 1.29 is 9.53 Å². The summed E-state index contributed by atoms with van der Waals surface area (Å²) >= 11 is 9.47. The molecule has 1 aliphatic carbocycles. The molecule has 1 N–H and O–H groups in total. The third-order valence-electron chi connectivity index (χ3n) is 3.74. The van der Waals surface area contributed by atoms with Gasteiger partial charge in [-0.15, -0.1) is 11.6 Å². The van der Waals surface area contributed by atoms with Crippen molar-refractivity contribution >= 4 is 33.4 Å². The van der Waals surface area contributed by atoms with Crippen LogP contribution in [0.5, 0.6) is 5.75 Å². The zero-order chi connectivity index (χ0) is 14.5. The molecule has 1 fully saturated rings. The Morgan fingerprint density at radius 3 is 2.70 bits per heavy atom. The number of nitrogens with one attached hydrogen (secondary N) is 1. The molecule has 1 aromatic rings. The smallest absolute Gasteiger partial charge is 0.251 e. The second-order valence-electron chi connectivity index (χ2n) is 5.18. The Labute approximate surface area is 133 Å². The molecule has 0 aliphatic heterocycles. The van der Waals surface area contributed by atoms with E-state index >= 15 is 0 Å². The van der Waals surface area contributed by atoms with E-state index in [0.29, 0.717) is 16.9 Å². The number of hydrogen-bond acceptors (Lipinski definition) is 2. The molecule has 0 bridgehead atoms. The summed E-state index contributed by atoms with van der Waals surface area (Å²) in [6, 6.07) is 5.34. The van der Waals surface area contributed by atoms with Gasteiger partial charge >= 0.3 is 0 Å². The highest BCUT2D eigenvalue weighted by atomic mass is 79.9. The number of hydrogen-bond donors (Lipinski definition) is 1. The van der Waals surface area contributed by atoms with E-state index in [9.17, 15) is 4.79 Å². The van der Waals surface area contributed by atoms with E-state index in [1.165, 1.54) is 0 Å². The topological polar surface area (TPSA) is 38.3 Å². The van der Waals surface area contributed by atoms with Crippen molar-refractivity contribution in [3.05, 3.63) is 28.2 Å². The lowest BCUT2D eigenvalue weighted by Crippen LogP contribution is -2.31. The van der Waals surface area contributed by atoms with Gasteiger partial charge in [0.2, 0.25) is 0 Å². The van der Waals surface area contributed by atoms with Crippen molar-refractivity contribution in [3.8, 4) is 5.75 Å². The molecular formula is C15H19BrClNO2. The first kappa shape index (κ1) is 15.6. The zero-order valence-corrected chi connectivity index (χ0v) is 13.8. The lowest BCUT2D eigenvalue weighted by molar-refractivity contribution is 0.0943. The van der Waals surface area contributed by atoms with Gasteiger partial charge in [-0.1, -0.05) is 0 Å². The van der Waals surface area contributed by atoms with Gasteiger partial charge in [0.15, 0.2) is 0 Å². The molecule has 0 heterocycles. The highest BCUT2D eigenvalue weighted by Gasteiger charge is 2.20. The van der Waals surface area contributed by atoms with E-state index in [-0.39, 0.29) is 5.91 Å². The number of amides is 1. The Kier molecular flexibility index (Phi) is 5.73. The van der Waals surface area contributed by atoms with Crippen LogP contribution in [0.15, 0.2) is 22.7 Å². The van der Waals surface area contributed by atoms with Crippen LogP contribution in [0.3, 0.4) is 0 Å². The lowest BCUT2D eigenvalue weighted by atomic mass is 9.89. The second kappa shape index (κ2) is 7.32. The Bertz CT molecular complexity index is 473. The maximum Gasteiger partial charge on any atom is 0.251 e. The number of benzene rings is 1. The Morgan fingerprint density at radius 1 is 1.40 bits per heavy atom. The first-order chi connectivity index (χ1) is 9.60. The standard InChI is InChI=1S/C15H19BrClNO2/c1-20-14-7-4-11(8-13(14)16)15(19)18-9-10-2-5-12(17)6-3-10/h4,7-8,10,12H,2-3,5-6,9H2,1H3,(H,18,19). The molecule has 0 radical (unpaired) electrons. The van der Waals surface area contributed by atoms with Crippen LogP contribution in [0.2, 0.25) is 0 Å². The van der Waals surface area contributed by atoms with Crippen LogP contribution in [0.4, 0.5) is 0 Å². The molecule has 3 nitrogen and oxygen atoms in total. The number of rotatable bonds is 4. The predicted octanol–water partition coefficient (Wildman–Crippen LogP) is 3.99. The molecule has 0 aromatic heterocycles. The Hall–Kier alpha value is -0.740. The average Bonchev–Trinajstić information content (AvgIpc) is 2.46. The zero-order valence-electron chi connectivity index (χ0n) is 11.5. The van der Waals surface area contributed by atoms with Gasteiger partial charge in [0.05, 0.1) is 11.6 Å². The summed E-state index contributed by atoms with van der Waals surface area (Å²) in [5.74, 6) is 1.24. The van der Waals surface area contributed by atoms with Crippen LogP contribution >= 0.6 is 27.5 Å². The molecule has 5 heteroatoms. The summed E-state index contributed by atoms with van der Waals surface area (Å²) < 4.78 is 5.94. The van der Waals surface area contributed by atoms with Gasteiger partial charge in [-0.05, 0) is 65.7 Å². The normalized spacial score (nSPS) is 22.4. The van der Waals surface area contributed by atoms with Gasteiger partial charge in [0.1, 0.15) is 5.75 Å². The van der Waals surface area contributed by atoms with Crippen molar-refractivity contribution in [2.45, 2.75) is 31.1 Å². The fourth-order valence-electron chi connectivity index (χ4n) is 2.47. The van der Waals surface area contributed by atoms with Crippen LogP contribution in [0.25, 0.3) is 0 Å². The van der Waals surface area contributed by atoms with Crippen molar-refractivity contribution in [3.63, 3.8) is 0 Å². The van der Waals surface area contributed by atoms with Crippen molar-refractivity contribution in [2.75, 3.05) is 13.7 Å². The van der Waals surface area contributed by atoms with Gasteiger partial charge in [0.25, 0.3) is 5.91 Å². The van der Waals surface area contributed by atoms with Crippen LogP contribution < -0.4 is 10.1 Å². The molecule has 1 amide bonds. The van der Waals surface area contributed by atoms with Gasteiger partial charge in [0, 0.05) is 17.5 Å². The summed E-state index contributed by atoms with van der Waals surface area (Å²) in [5.41, 5.74) is 0.642. The van der Waals surface area contributed by atoms with E-state index in [2.05, 4.69) is 21.2 Å². The molecule has 0 saturated heterocycles. The third kappa shape index (κ3) is 4.13. The molecule has 0 atom stereocenters. The van der Waals surface area contributed by atoms with Crippen molar-refractivity contribution in [1.29, 1.82) is 0 Å². The van der Waals surface area contributed by atoms with E-state index in [0.717, 1.165) is 42.5 Å². The van der Waals surface area contributed by atoms with E-state index in [1.54, 1.807) is 25.3 Å².